The Labute approximate surface area is 368 Å². The number of ether oxygens (including phenoxy) is 3. The van der Waals surface area contributed by atoms with Gasteiger partial charge in [0, 0.05) is 61.9 Å². The summed E-state index contributed by atoms with van der Waals surface area (Å²) in [4.78, 5) is 46.4. The van der Waals surface area contributed by atoms with Gasteiger partial charge in [-0.25, -0.2) is 4.79 Å². The lowest BCUT2D eigenvalue weighted by molar-refractivity contribution is -0.384. The quantitative estimate of drug-likeness (QED) is 0.0405. The Hall–Kier alpha value is -6.08. The van der Waals surface area contributed by atoms with Crippen molar-refractivity contribution < 1.29 is 43.8 Å². The first-order valence-corrected chi connectivity index (χ1v) is 21.8. The van der Waals surface area contributed by atoms with Gasteiger partial charge in [0.05, 0.1) is 34.8 Å². The van der Waals surface area contributed by atoms with Crippen molar-refractivity contribution in [2.45, 2.75) is 89.6 Å². The zero-order valence-electron chi connectivity index (χ0n) is 35.9. The van der Waals surface area contributed by atoms with Gasteiger partial charge < -0.3 is 39.5 Å². The lowest BCUT2D eigenvalue weighted by atomic mass is 9.55. The molecule has 3 aliphatic rings. The molecule has 0 saturated heterocycles. The van der Waals surface area contributed by atoms with Crippen LogP contribution in [0.5, 0.6) is 11.5 Å². The molecule has 1 saturated carbocycles. The maximum absolute atomic E-state index is 14.9. The summed E-state index contributed by atoms with van der Waals surface area (Å²) in [5, 5.41) is 48.2. The van der Waals surface area contributed by atoms with Gasteiger partial charge in [-0.3, -0.25) is 14.9 Å². The third-order valence-electron chi connectivity index (χ3n) is 12.1. The first kappa shape index (κ1) is 46.4. The van der Waals surface area contributed by atoms with E-state index in [1.54, 1.807) is 66.4 Å². The summed E-state index contributed by atoms with van der Waals surface area (Å²) < 4.78 is 20.1. The van der Waals surface area contributed by atoms with Gasteiger partial charge in [0.1, 0.15) is 24.1 Å². The van der Waals surface area contributed by atoms with Gasteiger partial charge >= 0.3 is 6.09 Å². The molecule has 0 bridgehead atoms. The monoisotopic (exact) mass is 863 g/mol. The number of nitrogens with one attached hydrogen (secondary N) is 1. The molecule has 15 heteroatoms. The summed E-state index contributed by atoms with van der Waals surface area (Å²) >= 11 is 0. The lowest BCUT2D eigenvalue weighted by Crippen LogP contribution is -2.70. The molecule has 6 rings (SSSR count). The second-order valence-corrected chi connectivity index (χ2v) is 16.1. The lowest BCUT2D eigenvalue weighted by Gasteiger charge is -2.60. The second kappa shape index (κ2) is 21.8. The number of hydrogen-bond acceptors (Lipinski definition) is 12. The average molecular weight is 864 g/mol. The number of carbonyl (C=O) groups excluding carboxylic acids is 2. The maximum atomic E-state index is 14.9. The Morgan fingerprint density at radius 2 is 1.79 bits per heavy atom. The number of nitriles is 1. The average Bonchev–Trinajstić information content (AvgIpc) is 3.29. The molecule has 0 spiro atoms. The van der Waals surface area contributed by atoms with E-state index < -0.39 is 28.8 Å². The maximum Gasteiger partial charge on any atom is 0.412 e. The van der Waals surface area contributed by atoms with Crippen LogP contribution >= 0.6 is 0 Å². The highest BCUT2D eigenvalue weighted by molar-refractivity contribution is 6.03. The molecule has 0 aromatic heterocycles. The number of nitrogens with zero attached hydrogens (tertiary/aromatic N) is 4. The Balaban J connectivity index is 1.58. The zero-order chi connectivity index (χ0) is 44.9. The number of carbonyl (C=O) groups is 2. The van der Waals surface area contributed by atoms with Crippen LogP contribution in [0.4, 0.5) is 10.5 Å². The number of benzene rings is 3. The van der Waals surface area contributed by atoms with Crippen LogP contribution in [0.2, 0.25) is 0 Å². The number of allylic oxidation sites excluding steroid dienone is 1. The van der Waals surface area contributed by atoms with Gasteiger partial charge in [-0.05, 0) is 117 Å². The number of fused-ring (bicyclic) bond motifs is 2. The molecule has 6 unspecified atom stereocenters. The van der Waals surface area contributed by atoms with Gasteiger partial charge in [0.2, 0.25) is 5.79 Å². The molecular formula is C48H57N5O10. The molecule has 3 aromatic rings. The predicted octanol–water partition coefficient (Wildman–Crippen LogP) is 7.96. The van der Waals surface area contributed by atoms with E-state index in [2.05, 4.69) is 24.0 Å². The Morgan fingerprint density at radius 1 is 1.06 bits per heavy atom. The molecule has 2 aliphatic carbocycles. The van der Waals surface area contributed by atoms with E-state index in [9.17, 15) is 35.2 Å². The fraction of sp³-hybridized carbons (Fsp3) is 0.458. The van der Waals surface area contributed by atoms with E-state index in [-0.39, 0.29) is 62.2 Å². The minimum absolute atomic E-state index is 0.0120. The molecular weight excluding hydrogens is 807 g/mol. The fourth-order valence-corrected chi connectivity index (χ4v) is 9.39. The first-order chi connectivity index (χ1) is 30.6. The van der Waals surface area contributed by atoms with Gasteiger partial charge in [0.15, 0.2) is 0 Å². The predicted molar refractivity (Wildman–Crippen MR) is 235 cm³/mol. The molecule has 0 radical (unpaired) electrons. The summed E-state index contributed by atoms with van der Waals surface area (Å²) in [7, 11) is 0. The van der Waals surface area contributed by atoms with Gasteiger partial charge in [-0.2, -0.15) is 5.26 Å². The summed E-state index contributed by atoms with van der Waals surface area (Å²) in [6.45, 7) is 8.63. The van der Waals surface area contributed by atoms with E-state index in [1.165, 1.54) is 12.1 Å². The topological polar surface area (TPSA) is 206 Å². The van der Waals surface area contributed by atoms with Gasteiger partial charge in [-0.1, -0.05) is 37.1 Å². The van der Waals surface area contributed by atoms with Crippen molar-refractivity contribution >= 4 is 23.4 Å². The third kappa shape index (κ3) is 10.4. The minimum Gasteiger partial charge on any atom is -0.459 e. The number of nitro groups is 1. The van der Waals surface area contributed by atoms with Crippen LogP contribution in [-0.4, -0.2) is 82.5 Å². The number of aliphatic hydroxyl groups excluding tert-OH is 2. The first-order valence-electron chi connectivity index (χ1n) is 21.8. The molecule has 334 valence electrons. The molecule has 2 amide bonds. The number of non-ortho nitro benzene ring substituents is 1. The fourth-order valence-electron chi connectivity index (χ4n) is 9.39. The van der Waals surface area contributed by atoms with Crippen molar-refractivity contribution in [3.63, 3.8) is 0 Å². The molecule has 6 atom stereocenters. The van der Waals surface area contributed by atoms with Crippen molar-refractivity contribution in [3.05, 3.63) is 123 Å². The summed E-state index contributed by atoms with van der Waals surface area (Å²) in [6.07, 6.45) is 8.13. The van der Waals surface area contributed by atoms with Crippen LogP contribution in [0.1, 0.15) is 98.2 Å². The number of hydrogen-bond donors (Lipinski definition) is 3. The molecule has 3 aromatic carbocycles. The number of amides is 2. The van der Waals surface area contributed by atoms with Gasteiger partial charge in [0.25, 0.3) is 11.6 Å². The van der Waals surface area contributed by atoms with Crippen molar-refractivity contribution in [3.8, 4) is 17.6 Å². The Bertz CT molecular complexity index is 2190. The standard InChI is InChI=1S/C48H57N5O10/c1-4-23-52(46(56)34-17-13-32(30-49)14-18-34)43-29-41(51-61-31-33-15-19-36(20-16-33)53(58)59)39-27-35(11-7-9-24-54)38(12-8-10-25-55)44-40-28-37(62-47(57)50-6-3)21-22-42(40)63-48(43,45(39)44)60-26-5-2/h5,13-22,27-28,35,38,43-45,54-55H,2,4,6-12,23-26,29,31H2,1,3H3,(H,50,57). The van der Waals surface area contributed by atoms with Crippen LogP contribution in [0.3, 0.4) is 0 Å². The highest BCUT2D eigenvalue weighted by atomic mass is 16.7. The van der Waals surface area contributed by atoms with E-state index in [0.29, 0.717) is 72.7 Å². The number of oxime groups is 1. The summed E-state index contributed by atoms with van der Waals surface area (Å²) in [5.41, 5.74) is 3.60. The third-order valence-corrected chi connectivity index (χ3v) is 12.1. The van der Waals surface area contributed by atoms with Gasteiger partial charge in [-0.15, -0.1) is 6.58 Å². The summed E-state index contributed by atoms with van der Waals surface area (Å²) in [6, 6.07) is 19.2. The summed E-state index contributed by atoms with van der Waals surface area (Å²) in [5.74, 6) is -2.04. The van der Waals surface area contributed by atoms with Crippen LogP contribution in [-0.2, 0) is 16.2 Å². The van der Waals surface area contributed by atoms with Crippen LogP contribution in [0.15, 0.2) is 96.2 Å². The van der Waals surface area contributed by atoms with E-state index >= 15 is 0 Å². The van der Waals surface area contributed by atoms with Crippen molar-refractivity contribution in [1.29, 1.82) is 5.26 Å². The van der Waals surface area contributed by atoms with Crippen LogP contribution in [0, 0.1) is 39.2 Å². The van der Waals surface area contributed by atoms with E-state index in [1.807, 2.05) is 13.0 Å². The number of nitro benzene ring substituents is 1. The molecule has 1 heterocycles. The van der Waals surface area contributed by atoms with Crippen molar-refractivity contribution in [1.82, 2.24) is 10.2 Å². The number of unbranched alkanes of at least 4 members (excludes halogenated alkanes) is 2. The zero-order valence-corrected chi connectivity index (χ0v) is 35.9. The smallest absolute Gasteiger partial charge is 0.412 e. The highest BCUT2D eigenvalue weighted by Crippen LogP contribution is 2.62. The molecule has 1 fully saturated rings. The molecule has 63 heavy (non-hydrogen) atoms. The Morgan fingerprint density at radius 3 is 2.44 bits per heavy atom. The minimum atomic E-state index is -1.51. The normalized spacial score (nSPS) is 22.6. The largest absolute Gasteiger partial charge is 0.459 e. The molecule has 1 aliphatic heterocycles. The van der Waals surface area contributed by atoms with Crippen LogP contribution < -0.4 is 14.8 Å². The highest BCUT2D eigenvalue weighted by Gasteiger charge is 2.65. The van der Waals surface area contributed by atoms with E-state index in [4.69, 9.17) is 24.2 Å². The number of rotatable bonds is 21. The SMILES string of the molecule is C=CCOC12Oc3ccc(OC(=O)NCC)cc3C3C(CCCCO)C(CCCCO)C=C(C(=NOCc4ccc([N+](=O)[O-])cc4)CC1N(CCC)C(=O)c1ccc(C#N)cc1)C32. The van der Waals surface area contributed by atoms with E-state index in [0.717, 1.165) is 30.4 Å². The van der Waals surface area contributed by atoms with Crippen LogP contribution in [0.25, 0.3) is 0 Å². The molecule has 3 N–H and O–H groups in total. The van der Waals surface area contributed by atoms with Crippen molar-refractivity contribution in [2.24, 2.45) is 22.9 Å². The second-order valence-electron chi connectivity index (χ2n) is 16.1. The number of aliphatic hydroxyl groups is 2. The Kier molecular flexibility index (Phi) is 16.1. The van der Waals surface area contributed by atoms with Crippen molar-refractivity contribution in [2.75, 3.05) is 32.9 Å². The molecule has 15 nitrogen and oxygen atoms in total.